The molecule has 0 atom stereocenters. The van der Waals surface area contributed by atoms with Gasteiger partial charge < -0.3 is 0 Å². The van der Waals surface area contributed by atoms with Crippen LogP contribution in [-0.2, 0) is 19.7 Å². The second kappa shape index (κ2) is 12.3. The molecule has 2 aromatic carbocycles. The highest BCUT2D eigenvalue weighted by Gasteiger charge is 2.81. The van der Waals surface area contributed by atoms with E-state index in [1.165, 1.54) is 59.1 Å². The first-order valence-electron chi connectivity index (χ1n) is 16.8. The van der Waals surface area contributed by atoms with Crippen LogP contribution in [-0.4, -0.2) is 34.6 Å². The molecule has 0 fully saturated rings. The Balaban J connectivity index is 1.62. The van der Waals surface area contributed by atoms with Crippen LogP contribution in [0.3, 0.4) is 0 Å². The Hall–Kier alpha value is -3.46. The first-order valence-corrected chi connectivity index (χ1v) is 21.5. The van der Waals surface area contributed by atoms with Crippen molar-refractivity contribution in [1.29, 1.82) is 0 Å². The molecule has 0 spiro atoms. The summed E-state index contributed by atoms with van der Waals surface area (Å²) in [5, 5.41) is 3.56. The molecule has 14 heteroatoms. The zero-order chi connectivity index (χ0) is 38.8. The largest absolute Gasteiger partial charge is 0.380 e. The highest BCUT2D eigenvalue weighted by molar-refractivity contribution is 7.96. The Morgan fingerprint density at radius 2 is 0.943 bits per heavy atom. The molecule has 0 saturated carbocycles. The fourth-order valence-corrected chi connectivity index (χ4v) is 13.4. The molecule has 280 valence electrons. The lowest BCUT2D eigenvalue weighted by atomic mass is 9.85. The Morgan fingerprint density at radius 3 is 1.25 bits per heavy atom. The number of hydrogen-bond acceptors (Lipinski definition) is 6. The summed E-state index contributed by atoms with van der Waals surface area (Å²) in [6.45, 7) is 9.94. The molecule has 0 unspecified atom stereocenters. The summed E-state index contributed by atoms with van der Waals surface area (Å²) in [6, 6.07) is 11.4. The van der Waals surface area contributed by atoms with Crippen molar-refractivity contribution in [2.24, 2.45) is 11.8 Å². The number of alkyl halides is 6. The monoisotopic (exact) mass is 808 g/mol. The molecule has 0 amide bonds. The van der Waals surface area contributed by atoms with E-state index in [2.05, 4.69) is 0 Å². The SMILES string of the molecule is Cc1ccsc1-c1ccc2c(c1)S(=O)(=O)C(CC(C)C)=C2C1=C(C2=C(CC(C)C)S(=O)(=O)c3cc(-c4sccc4C)ccc32)C(F)(F)C(F)(F)C1(F)F. The van der Waals surface area contributed by atoms with Gasteiger partial charge in [-0.25, -0.2) is 16.8 Å². The molecule has 4 aromatic rings. The molecule has 4 heterocycles. The molecule has 4 nitrogen and oxygen atoms in total. The number of fused-ring (bicyclic) bond motifs is 2. The normalized spacial score (nSPS) is 20.6. The number of halogens is 6. The zero-order valence-electron chi connectivity index (χ0n) is 29.4. The van der Waals surface area contributed by atoms with Gasteiger partial charge in [-0.3, -0.25) is 0 Å². The molecule has 3 aliphatic rings. The van der Waals surface area contributed by atoms with Gasteiger partial charge in [0, 0.05) is 43.2 Å². The lowest BCUT2D eigenvalue weighted by Gasteiger charge is -2.26. The topological polar surface area (TPSA) is 68.3 Å². The number of allylic oxidation sites excluding steroid dienone is 6. The van der Waals surface area contributed by atoms with Crippen LogP contribution in [0.1, 0.15) is 62.8 Å². The summed E-state index contributed by atoms with van der Waals surface area (Å²) >= 11 is 2.61. The van der Waals surface area contributed by atoms with Crippen LogP contribution in [0, 0.1) is 25.7 Å². The maximum Gasteiger partial charge on any atom is 0.380 e. The molecule has 7 rings (SSSR count). The molecule has 0 radical (unpaired) electrons. The number of thiophene rings is 2. The first-order chi connectivity index (χ1) is 24.6. The average Bonchev–Trinajstić information content (AvgIpc) is 3.80. The van der Waals surface area contributed by atoms with Gasteiger partial charge in [-0.1, -0.05) is 52.0 Å². The van der Waals surface area contributed by atoms with E-state index in [4.69, 9.17) is 0 Å². The van der Waals surface area contributed by atoms with Gasteiger partial charge in [-0.2, -0.15) is 26.3 Å². The summed E-state index contributed by atoms with van der Waals surface area (Å²) in [7, 11) is -9.37. The van der Waals surface area contributed by atoms with Crippen molar-refractivity contribution in [1.82, 2.24) is 0 Å². The van der Waals surface area contributed by atoms with Gasteiger partial charge in [0.1, 0.15) is 0 Å². The third kappa shape index (κ3) is 5.32. The van der Waals surface area contributed by atoms with E-state index in [0.717, 1.165) is 11.1 Å². The van der Waals surface area contributed by atoms with E-state index in [9.17, 15) is 16.8 Å². The van der Waals surface area contributed by atoms with Gasteiger partial charge in [0.2, 0.25) is 19.7 Å². The van der Waals surface area contributed by atoms with Gasteiger partial charge in [0.25, 0.3) is 0 Å². The summed E-state index contributed by atoms with van der Waals surface area (Å²) in [4.78, 5) is -0.973. The van der Waals surface area contributed by atoms with Gasteiger partial charge in [0.05, 0.1) is 19.6 Å². The van der Waals surface area contributed by atoms with Gasteiger partial charge in [-0.15, -0.1) is 22.7 Å². The summed E-state index contributed by atoms with van der Waals surface area (Å²) in [5.41, 5.74) is -4.02. The first kappa shape index (κ1) is 37.8. The lowest BCUT2D eigenvalue weighted by Crippen LogP contribution is -2.49. The van der Waals surface area contributed by atoms with Crippen molar-refractivity contribution in [3.8, 4) is 20.9 Å². The average molecular weight is 809 g/mol. The van der Waals surface area contributed by atoms with Crippen LogP contribution in [0.2, 0.25) is 0 Å². The number of rotatable bonds is 8. The van der Waals surface area contributed by atoms with Crippen molar-refractivity contribution in [2.75, 3.05) is 0 Å². The van der Waals surface area contributed by atoms with Crippen molar-refractivity contribution in [3.63, 3.8) is 0 Å². The minimum atomic E-state index is -6.06. The second-order valence-electron chi connectivity index (χ2n) is 14.6. The van der Waals surface area contributed by atoms with Crippen LogP contribution < -0.4 is 0 Å². The molecule has 0 bridgehead atoms. The predicted octanol–water partition coefficient (Wildman–Crippen LogP) is 11.8. The minimum Gasteiger partial charge on any atom is -0.219 e. The van der Waals surface area contributed by atoms with Crippen LogP contribution in [0.15, 0.2) is 90.0 Å². The van der Waals surface area contributed by atoms with Crippen molar-refractivity contribution in [3.05, 3.63) is 103 Å². The van der Waals surface area contributed by atoms with E-state index in [1.807, 2.05) is 0 Å². The predicted molar refractivity (Wildman–Crippen MR) is 198 cm³/mol. The third-order valence-electron chi connectivity index (χ3n) is 9.89. The molecule has 1 aliphatic carbocycles. The van der Waals surface area contributed by atoms with E-state index in [-0.39, 0.29) is 0 Å². The number of benzene rings is 2. The van der Waals surface area contributed by atoms with Gasteiger partial charge in [0.15, 0.2) is 0 Å². The second-order valence-corrected chi connectivity index (χ2v) is 20.3. The standard InChI is InChI=1S/C39H34F6O4S4/c1-19(2)15-29-31(25-9-7-23(17-27(25)52(29,46)47)35-21(5)11-13-50-35)33-34(38(42,43)39(44,45)37(33,40)41)32-26-10-8-24(36-22(6)12-14-51-36)18-28(26)53(48,49)30(32)16-20(3)4/h7-14,17-20H,15-16H2,1-6H3. The van der Waals surface area contributed by atoms with Crippen molar-refractivity contribution >= 4 is 53.5 Å². The maximum atomic E-state index is 16.6. The number of sulfone groups is 2. The molecule has 0 saturated heterocycles. The molecule has 2 aliphatic heterocycles. The minimum absolute atomic E-state index is 0.419. The number of hydrogen-bond donors (Lipinski definition) is 0. The Morgan fingerprint density at radius 1 is 0.585 bits per heavy atom. The quantitative estimate of drug-likeness (QED) is 0.166. The molecule has 53 heavy (non-hydrogen) atoms. The van der Waals surface area contributed by atoms with Gasteiger partial charge in [-0.05, 0) is 95.8 Å². The molecular weight excluding hydrogens is 775 g/mol. The van der Waals surface area contributed by atoms with Crippen molar-refractivity contribution in [2.45, 2.75) is 81.9 Å². The van der Waals surface area contributed by atoms with Crippen LogP contribution in [0.4, 0.5) is 26.3 Å². The third-order valence-corrected chi connectivity index (χ3v) is 15.9. The zero-order valence-corrected chi connectivity index (χ0v) is 32.6. The fraction of sp³-hybridized carbons (Fsp3) is 0.333. The van der Waals surface area contributed by atoms with E-state index in [0.29, 0.717) is 20.9 Å². The summed E-state index contributed by atoms with van der Waals surface area (Å²) in [5.74, 6) is -18.4. The smallest absolute Gasteiger partial charge is 0.219 e. The Bertz CT molecular complexity index is 2380. The maximum absolute atomic E-state index is 16.6. The molecular formula is C39H34F6O4S4. The molecule has 2 aromatic heterocycles. The van der Waals surface area contributed by atoms with E-state index in [1.54, 1.807) is 64.4 Å². The summed E-state index contributed by atoms with van der Waals surface area (Å²) < 4.78 is 156. The highest BCUT2D eigenvalue weighted by Crippen LogP contribution is 2.68. The van der Waals surface area contributed by atoms with E-state index < -0.39 is 115 Å². The summed E-state index contributed by atoms with van der Waals surface area (Å²) in [6.07, 6.45) is -0.861. The Labute approximate surface area is 312 Å². The molecule has 0 N–H and O–H groups in total. The van der Waals surface area contributed by atoms with Gasteiger partial charge >= 0.3 is 17.8 Å². The number of aryl methyl sites for hydroxylation is 2. The van der Waals surface area contributed by atoms with Crippen LogP contribution >= 0.6 is 22.7 Å². The highest BCUT2D eigenvalue weighted by atomic mass is 32.2. The Kier molecular flexibility index (Phi) is 8.76. The lowest BCUT2D eigenvalue weighted by molar-refractivity contribution is -0.263. The van der Waals surface area contributed by atoms with Crippen LogP contribution in [0.5, 0.6) is 0 Å². The van der Waals surface area contributed by atoms with E-state index >= 15 is 26.3 Å². The van der Waals surface area contributed by atoms with Crippen molar-refractivity contribution < 1.29 is 43.2 Å². The van der Waals surface area contributed by atoms with Crippen LogP contribution in [0.25, 0.3) is 32.0 Å². The fourth-order valence-electron chi connectivity index (χ4n) is 7.46.